The van der Waals surface area contributed by atoms with Crippen molar-refractivity contribution in [3.05, 3.63) is 24.3 Å². The number of alkyl carbamates (subject to hydrolysis) is 1. The second-order valence-corrected chi connectivity index (χ2v) is 6.64. The highest BCUT2D eigenvalue weighted by Gasteiger charge is 2.33. The Labute approximate surface area is 146 Å². The topological polar surface area (TPSA) is 97.0 Å². The second kappa shape index (κ2) is 7.52. The van der Waals surface area contributed by atoms with Gasteiger partial charge in [0, 0.05) is 7.11 Å². The molecule has 0 aliphatic carbocycles. The van der Waals surface area contributed by atoms with Crippen LogP contribution in [-0.4, -0.2) is 49.8 Å². The van der Waals surface area contributed by atoms with E-state index in [2.05, 4.69) is 10.6 Å². The number of rotatable bonds is 3. The van der Waals surface area contributed by atoms with Gasteiger partial charge in [-0.15, -0.1) is 0 Å². The van der Waals surface area contributed by atoms with E-state index in [4.69, 9.17) is 9.47 Å². The minimum absolute atomic E-state index is 0.0235. The number of nitrogens with one attached hydrogen (secondary N) is 2. The number of anilines is 2. The van der Waals surface area contributed by atoms with Gasteiger partial charge in [-0.2, -0.15) is 0 Å². The summed E-state index contributed by atoms with van der Waals surface area (Å²) in [6.45, 7) is 5.02. The number of ether oxygens (including phenoxy) is 2. The molecule has 1 aromatic carbocycles. The molecule has 1 aromatic rings. The number of methoxy groups -OCH3 is 1. The van der Waals surface area contributed by atoms with Crippen molar-refractivity contribution in [3.8, 4) is 0 Å². The minimum atomic E-state index is -0.956. The van der Waals surface area contributed by atoms with Gasteiger partial charge in [-0.1, -0.05) is 12.1 Å². The lowest BCUT2D eigenvalue weighted by atomic mass is 10.2. The Balaban J connectivity index is 2.25. The van der Waals surface area contributed by atoms with Gasteiger partial charge in [0.25, 0.3) is 5.91 Å². The van der Waals surface area contributed by atoms with E-state index in [0.29, 0.717) is 11.4 Å². The normalized spacial score (nSPS) is 17.2. The predicted molar refractivity (Wildman–Crippen MR) is 92.5 cm³/mol. The van der Waals surface area contributed by atoms with Gasteiger partial charge in [-0.3, -0.25) is 9.59 Å². The van der Waals surface area contributed by atoms with Crippen molar-refractivity contribution in [2.45, 2.75) is 32.4 Å². The molecular formula is C17H23N3O5. The third kappa shape index (κ3) is 4.93. The highest BCUT2D eigenvalue weighted by Crippen LogP contribution is 2.28. The van der Waals surface area contributed by atoms with Gasteiger partial charge in [-0.05, 0) is 32.9 Å². The summed E-state index contributed by atoms with van der Waals surface area (Å²) in [5, 5.41) is 5.24. The lowest BCUT2D eigenvalue weighted by Gasteiger charge is -2.26. The molecule has 3 amide bonds. The highest BCUT2D eigenvalue weighted by atomic mass is 16.6. The fourth-order valence-electron chi connectivity index (χ4n) is 2.40. The molecule has 136 valence electrons. The third-order valence-electron chi connectivity index (χ3n) is 3.39. The quantitative estimate of drug-likeness (QED) is 0.862. The van der Waals surface area contributed by atoms with Crippen molar-refractivity contribution in [1.82, 2.24) is 5.32 Å². The number of hydrogen-bond donors (Lipinski definition) is 2. The number of hydrogen-bond acceptors (Lipinski definition) is 5. The van der Waals surface area contributed by atoms with Crippen LogP contribution in [0.2, 0.25) is 0 Å². The van der Waals surface area contributed by atoms with E-state index in [-0.39, 0.29) is 19.1 Å². The van der Waals surface area contributed by atoms with Crippen molar-refractivity contribution < 1.29 is 23.9 Å². The first-order valence-electron chi connectivity index (χ1n) is 7.90. The number of fused-ring (bicyclic) bond motifs is 1. The van der Waals surface area contributed by atoms with Crippen LogP contribution in [0.4, 0.5) is 16.2 Å². The lowest BCUT2D eigenvalue weighted by Crippen LogP contribution is -2.51. The van der Waals surface area contributed by atoms with Gasteiger partial charge in [0.05, 0.1) is 17.9 Å². The van der Waals surface area contributed by atoms with Crippen LogP contribution in [0.25, 0.3) is 0 Å². The fraction of sp³-hybridized carbons (Fsp3) is 0.471. The molecule has 1 unspecified atom stereocenters. The Kier molecular flexibility index (Phi) is 5.63. The van der Waals surface area contributed by atoms with Gasteiger partial charge < -0.3 is 25.0 Å². The van der Waals surface area contributed by atoms with Crippen LogP contribution in [0.1, 0.15) is 20.8 Å². The van der Waals surface area contributed by atoms with Gasteiger partial charge in [0.1, 0.15) is 18.2 Å². The van der Waals surface area contributed by atoms with Gasteiger partial charge in [-0.25, -0.2) is 4.79 Å². The average molecular weight is 349 g/mol. The monoisotopic (exact) mass is 349 g/mol. The van der Waals surface area contributed by atoms with Crippen LogP contribution in [0, 0.1) is 0 Å². The van der Waals surface area contributed by atoms with E-state index in [1.54, 1.807) is 45.0 Å². The molecule has 1 atom stereocenters. The fourth-order valence-corrected chi connectivity index (χ4v) is 2.40. The summed E-state index contributed by atoms with van der Waals surface area (Å²) in [4.78, 5) is 38.3. The molecular weight excluding hydrogens is 326 g/mol. The molecule has 8 nitrogen and oxygen atoms in total. The molecule has 0 spiro atoms. The molecule has 1 aliphatic rings. The van der Waals surface area contributed by atoms with Crippen molar-refractivity contribution in [2.75, 3.05) is 30.5 Å². The van der Waals surface area contributed by atoms with E-state index >= 15 is 0 Å². The summed E-state index contributed by atoms with van der Waals surface area (Å²) in [5.41, 5.74) is 0.344. The SMILES string of the molecule is COCC(=O)N1CC(NC(=O)OC(C)(C)C)C(=O)Nc2ccccc21. The first-order valence-corrected chi connectivity index (χ1v) is 7.90. The smallest absolute Gasteiger partial charge is 0.408 e. The number of carbonyl (C=O) groups excluding carboxylic acids is 3. The Bertz CT molecular complexity index is 668. The molecule has 2 rings (SSSR count). The second-order valence-electron chi connectivity index (χ2n) is 6.64. The van der Waals surface area contributed by atoms with Crippen molar-refractivity contribution in [1.29, 1.82) is 0 Å². The van der Waals surface area contributed by atoms with E-state index in [9.17, 15) is 14.4 Å². The van der Waals surface area contributed by atoms with Crippen LogP contribution in [0.15, 0.2) is 24.3 Å². The van der Waals surface area contributed by atoms with Crippen LogP contribution in [-0.2, 0) is 19.1 Å². The van der Waals surface area contributed by atoms with Gasteiger partial charge in [0.15, 0.2) is 0 Å². The molecule has 0 aromatic heterocycles. The summed E-state index contributed by atoms with van der Waals surface area (Å²) >= 11 is 0. The van der Waals surface area contributed by atoms with Crippen molar-refractivity contribution >= 4 is 29.3 Å². The zero-order valence-corrected chi connectivity index (χ0v) is 14.8. The van der Waals surface area contributed by atoms with Gasteiger partial charge in [0.2, 0.25) is 5.91 Å². The van der Waals surface area contributed by atoms with Crippen LogP contribution >= 0.6 is 0 Å². The molecule has 1 aliphatic heterocycles. The zero-order valence-electron chi connectivity index (χ0n) is 14.8. The average Bonchev–Trinajstić information content (AvgIpc) is 2.63. The van der Waals surface area contributed by atoms with Crippen LogP contribution in [0.3, 0.4) is 0 Å². The molecule has 8 heteroatoms. The molecule has 0 saturated carbocycles. The van der Waals surface area contributed by atoms with Crippen LogP contribution in [0.5, 0.6) is 0 Å². The maximum atomic E-state index is 12.5. The number of para-hydroxylation sites is 2. The summed E-state index contributed by atoms with van der Waals surface area (Å²) in [5.74, 6) is -0.742. The number of nitrogens with zero attached hydrogens (tertiary/aromatic N) is 1. The molecule has 0 fully saturated rings. The molecule has 25 heavy (non-hydrogen) atoms. The maximum Gasteiger partial charge on any atom is 0.408 e. The first-order chi connectivity index (χ1) is 11.7. The van der Waals surface area contributed by atoms with E-state index in [1.165, 1.54) is 12.0 Å². The zero-order chi connectivity index (χ0) is 18.6. The molecule has 0 radical (unpaired) electrons. The van der Waals surface area contributed by atoms with E-state index in [0.717, 1.165) is 0 Å². The summed E-state index contributed by atoms with van der Waals surface area (Å²) in [6.07, 6.45) is -0.724. The van der Waals surface area contributed by atoms with E-state index in [1.807, 2.05) is 0 Å². The Morgan fingerprint density at radius 1 is 1.32 bits per heavy atom. The largest absolute Gasteiger partial charge is 0.444 e. The van der Waals surface area contributed by atoms with Crippen LogP contribution < -0.4 is 15.5 Å². The molecule has 0 saturated heterocycles. The number of amides is 3. The first kappa shape index (κ1) is 18.7. The van der Waals surface area contributed by atoms with Crippen molar-refractivity contribution in [3.63, 3.8) is 0 Å². The Hall–Kier alpha value is -2.61. The Morgan fingerprint density at radius 3 is 2.64 bits per heavy atom. The molecule has 0 bridgehead atoms. The molecule has 1 heterocycles. The summed E-state index contributed by atoms with van der Waals surface area (Å²) < 4.78 is 10.1. The van der Waals surface area contributed by atoms with Gasteiger partial charge >= 0.3 is 6.09 Å². The highest BCUT2D eigenvalue weighted by molar-refractivity contribution is 6.06. The maximum absolute atomic E-state index is 12.5. The molecule has 2 N–H and O–H groups in total. The summed E-state index contributed by atoms with van der Waals surface area (Å²) in [6, 6.07) is 5.97. The third-order valence-corrected chi connectivity index (χ3v) is 3.39. The number of carbonyl (C=O) groups is 3. The standard InChI is InChI=1S/C17H23N3O5/c1-17(2,3)25-16(23)19-12-9-20(14(21)10-24-4)13-8-6-5-7-11(13)18-15(12)22/h5-8,12H,9-10H2,1-4H3,(H,18,22)(H,19,23). The summed E-state index contributed by atoms with van der Waals surface area (Å²) in [7, 11) is 1.42. The number of benzene rings is 1. The predicted octanol–water partition coefficient (Wildman–Crippen LogP) is 1.51. The lowest BCUT2D eigenvalue weighted by molar-refractivity contribution is -0.122. The Morgan fingerprint density at radius 2 is 2.00 bits per heavy atom. The minimum Gasteiger partial charge on any atom is -0.444 e. The van der Waals surface area contributed by atoms with E-state index < -0.39 is 23.6 Å². The van der Waals surface area contributed by atoms with Crippen molar-refractivity contribution in [2.24, 2.45) is 0 Å².